The van der Waals surface area contributed by atoms with Gasteiger partial charge in [0, 0.05) is 49.7 Å². The first-order valence-corrected chi connectivity index (χ1v) is 9.60. The second-order valence-electron chi connectivity index (χ2n) is 6.74. The summed E-state index contributed by atoms with van der Waals surface area (Å²) in [5.74, 6) is -0.351. The largest absolute Gasteiger partial charge is 0.376 e. The molecule has 2 rings (SSSR count). The van der Waals surface area contributed by atoms with Crippen molar-refractivity contribution in [2.24, 2.45) is 0 Å². The topological polar surface area (TPSA) is 81.8 Å². The highest BCUT2D eigenvalue weighted by Gasteiger charge is 2.12. The molecule has 0 unspecified atom stereocenters. The van der Waals surface area contributed by atoms with E-state index in [2.05, 4.69) is 10.6 Å². The number of rotatable bonds is 8. The van der Waals surface area contributed by atoms with Crippen LogP contribution in [0.2, 0.25) is 0 Å². The Morgan fingerprint density at radius 2 is 1.48 bits per heavy atom. The van der Waals surface area contributed by atoms with E-state index in [0.29, 0.717) is 35.6 Å². The van der Waals surface area contributed by atoms with Crippen molar-refractivity contribution < 1.29 is 14.4 Å². The minimum atomic E-state index is -0.225. The molecule has 3 amide bonds. The molecule has 2 N–H and O–H groups in total. The standard InChI is InChI=1S/C22H28N4O3/c1-5-26(6-2)22(29)16-10-12-18(13-11-16)24-20(27)15-23-19-9-7-8-17(14-19)21(28)25(3)4/h7-14,23H,5-6,15H2,1-4H3,(H,24,27). The highest BCUT2D eigenvalue weighted by Crippen LogP contribution is 2.13. The molecule has 0 saturated heterocycles. The summed E-state index contributed by atoms with van der Waals surface area (Å²) in [4.78, 5) is 39.8. The zero-order valence-corrected chi connectivity index (χ0v) is 17.4. The van der Waals surface area contributed by atoms with Crippen LogP contribution in [-0.2, 0) is 4.79 Å². The molecule has 0 atom stereocenters. The number of hydrogen-bond donors (Lipinski definition) is 2. The van der Waals surface area contributed by atoms with Crippen molar-refractivity contribution in [1.82, 2.24) is 9.80 Å². The molecule has 29 heavy (non-hydrogen) atoms. The summed E-state index contributed by atoms with van der Waals surface area (Å²) in [6.45, 7) is 5.24. The molecule has 0 aliphatic rings. The Balaban J connectivity index is 1.92. The van der Waals surface area contributed by atoms with Gasteiger partial charge in [0.15, 0.2) is 0 Å². The van der Waals surface area contributed by atoms with Gasteiger partial charge in [-0.3, -0.25) is 14.4 Å². The van der Waals surface area contributed by atoms with Crippen LogP contribution in [0.4, 0.5) is 11.4 Å². The van der Waals surface area contributed by atoms with E-state index < -0.39 is 0 Å². The number of carbonyl (C=O) groups excluding carboxylic acids is 3. The van der Waals surface area contributed by atoms with Crippen molar-refractivity contribution >= 4 is 29.1 Å². The van der Waals surface area contributed by atoms with E-state index in [-0.39, 0.29) is 24.3 Å². The van der Waals surface area contributed by atoms with Crippen LogP contribution in [0, 0.1) is 0 Å². The number of benzene rings is 2. The smallest absolute Gasteiger partial charge is 0.253 e. The van der Waals surface area contributed by atoms with Gasteiger partial charge in [0.2, 0.25) is 5.91 Å². The van der Waals surface area contributed by atoms with E-state index in [4.69, 9.17) is 0 Å². The van der Waals surface area contributed by atoms with Crippen LogP contribution < -0.4 is 10.6 Å². The Kier molecular flexibility index (Phi) is 7.77. The summed E-state index contributed by atoms with van der Waals surface area (Å²) in [5.41, 5.74) is 2.44. The quantitative estimate of drug-likeness (QED) is 0.719. The van der Waals surface area contributed by atoms with Gasteiger partial charge in [0.05, 0.1) is 6.54 Å². The van der Waals surface area contributed by atoms with Gasteiger partial charge < -0.3 is 20.4 Å². The average molecular weight is 396 g/mol. The van der Waals surface area contributed by atoms with E-state index in [9.17, 15) is 14.4 Å². The second kappa shape index (κ2) is 10.3. The molecule has 0 saturated carbocycles. The SMILES string of the molecule is CCN(CC)C(=O)c1ccc(NC(=O)CNc2cccc(C(=O)N(C)C)c2)cc1. The van der Waals surface area contributed by atoms with Crippen LogP contribution in [0.5, 0.6) is 0 Å². The number of nitrogens with one attached hydrogen (secondary N) is 2. The van der Waals surface area contributed by atoms with Crippen LogP contribution in [0.15, 0.2) is 48.5 Å². The Bertz CT molecular complexity index is 859. The summed E-state index contributed by atoms with van der Waals surface area (Å²) in [6, 6.07) is 13.9. The lowest BCUT2D eigenvalue weighted by Crippen LogP contribution is -2.30. The minimum Gasteiger partial charge on any atom is -0.376 e. The van der Waals surface area contributed by atoms with Crippen molar-refractivity contribution in [2.45, 2.75) is 13.8 Å². The van der Waals surface area contributed by atoms with Crippen LogP contribution >= 0.6 is 0 Å². The lowest BCUT2D eigenvalue weighted by atomic mass is 10.1. The third-order valence-corrected chi connectivity index (χ3v) is 4.44. The molecular weight excluding hydrogens is 368 g/mol. The molecule has 0 aliphatic carbocycles. The Hall–Kier alpha value is -3.35. The van der Waals surface area contributed by atoms with Gasteiger partial charge in [0.25, 0.3) is 11.8 Å². The molecule has 2 aromatic carbocycles. The van der Waals surface area contributed by atoms with Crippen molar-refractivity contribution in [3.63, 3.8) is 0 Å². The number of carbonyl (C=O) groups is 3. The van der Waals surface area contributed by atoms with Crippen LogP contribution in [0.25, 0.3) is 0 Å². The molecule has 0 heterocycles. The number of hydrogen-bond acceptors (Lipinski definition) is 4. The maximum atomic E-state index is 12.3. The number of amides is 3. The molecular formula is C22H28N4O3. The van der Waals surface area contributed by atoms with E-state index in [0.717, 1.165) is 0 Å². The molecule has 0 radical (unpaired) electrons. The predicted molar refractivity (Wildman–Crippen MR) is 115 cm³/mol. The second-order valence-corrected chi connectivity index (χ2v) is 6.74. The fourth-order valence-electron chi connectivity index (χ4n) is 2.80. The van der Waals surface area contributed by atoms with Crippen LogP contribution in [-0.4, -0.2) is 61.3 Å². The van der Waals surface area contributed by atoms with Crippen molar-refractivity contribution in [1.29, 1.82) is 0 Å². The van der Waals surface area contributed by atoms with E-state index >= 15 is 0 Å². The first-order chi connectivity index (χ1) is 13.8. The summed E-state index contributed by atoms with van der Waals surface area (Å²) >= 11 is 0. The van der Waals surface area contributed by atoms with Crippen LogP contribution in [0.3, 0.4) is 0 Å². The summed E-state index contributed by atoms with van der Waals surface area (Å²) in [7, 11) is 3.38. The number of nitrogens with zero attached hydrogens (tertiary/aromatic N) is 2. The van der Waals surface area contributed by atoms with E-state index in [1.807, 2.05) is 13.8 Å². The lowest BCUT2D eigenvalue weighted by molar-refractivity contribution is -0.114. The normalized spacial score (nSPS) is 10.2. The van der Waals surface area contributed by atoms with Crippen molar-refractivity contribution in [3.05, 3.63) is 59.7 Å². The Morgan fingerprint density at radius 3 is 2.07 bits per heavy atom. The molecule has 0 spiro atoms. The average Bonchev–Trinajstić information content (AvgIpc) is 2.73. The third kappa shape index (κ3) is 6.07. The van der Waals surface area contributed by atoms with E-state index in [1.54, 1.807) is 67.5 Å². The molecule has 7 heteroatoms. The number of anilines is 2. The fraction of sp³-hybridized carbons (Fsp3) is 0.318. The Labute approximate surface area is 171 Å². The van der Waals surface area contributed by atoms with Gasteiger partial charge >= 0.3 is 0 Å². The van der Waals surface area contributed by atoms with Gasteiger partial charge in [-0.15, -0.1) is 0 Å². The summed E-state index contributed by atoms with van der Waals surface area (Å²) in [6.07, 6.45) is 0. The summed E-state index contributed by atoms with van der Waals surface area (Å²) < 4.78 is 0. The predicted octanol–water partition coefficient (Wildman–Crippen LogP) is 2.92. The molecule has 0 aromatic heterocycles. The van der Waals surface area contributed by atoms with Gasteiger partial charge in [-0.05, 0) is 56.3 Å². The molecule has 0 aliphatic heterocycles. The zero-order valence-electron chi connectivity index (χ0n) is 17.4. The first-order valence-electron chi connectivity index (χ1n) is 9.60. The van der Waals surface area contributed by atoms with Crippen molar-refractivity contribution in [3.8, 4) is 0 Å². The maximum Gasteiger partial charge on any atom is 0.253 e. The maximum absolute atomic E-state index is 12.3. The highest BCUT2D eigenvalue weighted by molar-refractivity contribution is 5.97. The van der Waals surface area contributed by atoms with Crippen molar-refractivity contribution in [2.75, 3.05) is 44.4 Å². The molecule has 7 nitrogen and oxygen atoms in total. The molecule has 0 bridgehead atoms. The molecule has 2 aromatic rings. The monoisotopic (exact) mass is 396 g/mol. The van der Waals surface area contributed by atoms with Gasteiger partial charge in [-0.25, -0.2) is 0 Å². The lowest BCUT2D eigenvalue weighted by Gasteiger charge is -2.18. The highest BCUT2D eigenvalue weighted by atomic mass is 16.2. The zero-order chi connectivity index (χ0) is 21.4. The first kappa shape index (κ1) is 21.9. The van der Waals surface area contributed by atoms with Crippen LogP contribution in [0.1, 0.15) is 34.6 Å². The van der Waals surface area contributed by atoms with E-state index in [1.165, 1.54) is 4.90 Å². The minimum absolute atomic E-state index is 0.0262. The van der Waals surface area contributed by atoms with Gasteiger partial charge in [-0.2, -0.15) is 0 Å². The van der Waals surface area contributed by atoms with Gasteiger partial charge in [0.1, 0.15) is 0 Å². The third-order valence-electron chi connectivity index (χ3n) is 4.44. The molecule has 154 valence electrons. The van der Waals surface area contributed by atoms with Gasteiger partial charge in [-0.1, -0.05) is 6.07 Å². The fourth-order valence-corrected chi connectivity index (χ4v) is 2.80. The molecule has 0 fully saturated rings. The summed E-state index contributed by atoms with van der Waals surface area (Å²) in [5, 5.41) is 5.80. The Morgan fingerprint density at radius 1 is 0.828 bits per heavy atom.